The molecule has 6 nitrogen and oxygen atoms in total. The van der Waals surface area contributed by atoms with Crippen LogP contribution in [0.25, 0.3) is 0 Å². The average molecular weight is 443 g/mol. The Kier molecular flexibility index (Phi) is 6.63. The van der Waals surface area contributed by atoms with Gasteiger partial charge >= 0.3 is 12.1 Å². The highest BCUT2D eigenvalue weighted by molar-refractivity contribution is 6.00. The molecule has 1 saturated heterocycles. The van der Waals surface area contributed by atoms with Gasteiger partial charge in [-0.2, -0.15) is 0 Å². The van der Waals surface area contributed by atoms with E-state index in [4.69, 9.17) is 0 Å². The van der Waals surface area contributed by atoms with Crippen molar-refractivity contribution >= 4 is 29.1 Å². The molecule has 0 aromatic heterocycles. The fourth-order valence-corrected chi connectivity index (χ4v) is 4.23. The van der Waals surface area contributed by atoms with Crippen molar-refractivity contribution in [2.24, 2.45) is 0 Å². The summed E-state index contributed by atoms with van der Waals surface area (Å²) < 4.78 is 0. The van der Waals surface area contributed by atoms with Crippen LogP contribution in [0.1, 0.15) is 28.7 Å². The zero-order valence-corrected chi connectivity index (χ0v) is 19.4. The normalized spacial score (nSPS) is 13.7. The number of urea groups is 2. The molecule has 0 unspecified atom stereocenters. The number of anilines is 3. The number of carbonyl (C=O) groups is 2. The Morgan fingerprint density at radius 2 is 1.52 bits per heavy atom. The molecule has 0 spiro atoms. The van der Waals surface area contributed by atoms with Crippen LogP contribution >= 0.6 is 0 Å². The second-order valence-electron chi connectivity index (χ2n) is 8.70. The van der Waals surface area contributed by atoms with E-state index in [2.05, 4.69) is 42.7 Å². The minimum Gasteiger partial charge on any atom is -0.320 e. The maximum Gasteiger partial charge on any atom is 0.324 e. The second-order valence-corrected chi connectivity index (χ2v) is 8.70. The van der Waals surface area contributed by atoms with Crippen LogP contribution in [0, 0.1) is 20.8 Å². The number of rotatable bonds is 5. The lowest BCUT2D eigenvalue weighted by Crippen LogP contribution is -2.49. The third-order valence-electron chi connectivity index (χ3n) is 5.69. The fourth-order valence-electron chi connectivity index (χ4n) is 4.23. The van der Waals surface area contributed by atoms with Gasteiger partial charge in [-0.25, -0.2) is 9.59 Å². The Hall–Kier alpha value is -3.80. The number of nitrogens with zero attached hydrogens (tertiary/aromatic N) is 2. The van der Waals surface area contributed by atoms with Gasteiger partial charge in [0.2, 0.25) is 0 Å². The Balaban J connectivity index is 1.43. The van der Waals surface area contributed by atoms with Gasteiger partial charge in [-0.1, -0.05) is 53.1 Å². The summed E-state index contributed by atoms with van der Waals surface area (Å²) in [5.41, 5.74) is 6.82. The van der Waals surface area contributed by atoms with Crippen LogP contribution in [-0.2, 0) is 6.54 Å². The number of aryl methyl sites for hydroxylation is 3. The standard InChI is InChI=1S/C27H30N4O2/c1-19-8-10-23(11-9-19)28-26(32)29-24-6-4-7-25(17-24)31-13-5-12-30(27(31)33)18-22-15-20(2)14-21(3)16-22/h4,6-11,14-17H,5,12-13,18H2,1-3H3,(H2,28,29,32). The van der Waals surface area contributed by atoms with Crippen LogP contribution in [0.3, 0.4) is 0 Å². The topological polar surface area (TPSA) is 64.7 Å². The van der Waals surface area contributed by atoms with Crippen molar-refractivity contribution in [3.63, 3.8) is 0 Å². The lowest BCUT2D eigenvalue weighted by Gasteiger charge is -2.36. The first-order valence-electron chi connectivity index (χ1n) is 11.3. The molecule has 0 aliphatic carbocycles. The van der Waals surface area contributed by atoms with Crippen molar-refractivity contribution in [1.82, 2.24) is 4.90 Å². The Morgan fingerprint density at radius 3 is 2.24 bits per heavy atom. The maximum atomic E-state index is 13.3. The van der Waals surface area contributed by atoms with Crippen LogP contribution < -0.4 is 15.5 Å². The van der Waals surface area contributed by atoms with Gasteiger partial charge in [-0.05, 0) is 63.1 Å². The van der Waals surface area contributed by atoms with Crippen molar-refractivity contribution in [2.75, 3.05) is 28.6 Å². The number of benzene rings is 3. The molecule has 1 heterocycles. The van der Waals surface area contributed by atoms with Gasteiger partial charge in [0, 0.05) is 36.7 Å². The molecule has 3 aromatic carbocycles. The smallest absolute Gasteiger partial charge is 0.320 e. The molecule has 1 aliphatic heterocycles. The number of hydrogen-bond donors (Lipinski definition) is 2. The highest BCUT2D eigenvalue weighted by Crippen LogP contribution is 2.25. The van der Waals surface area contributed by atoms with Crippen LogP contribution in [-0.4, -0.2) is 30.1 Å². The quantitative estimate of drug-likeness (QED) is 0.502. The molecule has 2 N–H and O–H groups in total. The Labute approximate surface area is 195 Å². The molecule has 1 aliphatic rings. The first-order chi connectivity index (χ1) is 15.9. The van der Waals surface area contributed by atoms with Gasteiger partial charge < -0.3 is 15.5 Å². The highest BCUT2D eigenvalue weighted by Gasteiger charge is 2.27. The van der Waals surface area contributed by atoms with Crippen molar-refractivity contribution < 1.29 is 9.59 Å². The van der Waals surface area contributed by atoms with Crippen molar-refractivity contribution in [1.29, 1.82) is 0 Å². The highest BCUT2D eigenvalue weighted by atomic mass is 16.2. The first kappa shape index (κ1) is 22.4. The molecule has 4 amide bonds. The number of amides is 4. The molecule has 1 fully saturated rings. The molecule has 4 rings (SSSR count). The number of hydrogen-bond acceptors (Lipinski definition) is 2. The lowest BCUT2D eigenvalue weighted by molar-refractivity contribution is 0.192. The SMILES string of the molecule is Cc1ccc(NC(=O)Nc2cccc(N3CCCN(Cc4cc(C)cc(C)c4)C3=O)c2)cc1. The van der Waals surface area contributed by atoms with Gasteiger partial charge in [-0.3, -0.25) is 4.90 Å². The van der Waals surface area contributed by atoms with E-state index in [9.17, 15) is 9.59 Å². The van der Waals surface area contributed by atoms with Gasteiger partial charge in [0.1, 0.15) is 0 Å². The Morgan fingerprint density at radius 1 is 0.818 bits per heavy atom. The molecular weight excluding hydrogens is 412 g/mol. The molecule has 3 aromatic rings. The van der Waals surface area contributed by atoms with Crippen molar-refractivity contribution in [3.8, 4) is 0 Å². The third kappa shape index (κ3) is 5.71. The summed E-state index contributed by atoms with van der Waals surface area (Å²) in [4.78, 5) is 29.4. The van der Waals surface area contributed by atoms with E-state index in [0.29, 0.717) is 18.8 Å². The monoisotopic (exact) mass is 442 g/mol. The summed E-state index contributed by atoms with van der Waals surface area (Å²) in [5.74, 6) is 0. The first-order valence-corrected chi connectivity index (χ1v) is 11.3. The second kappa shape index (κ2) is 9.77. The van der Waals surface area contributed by atoms with Gasteiger partial charge in [0.05, 0.1) is 0 Å². The third-order valence-corrected chi connectivity index (χ3v) is 5.69. The molecule has 6 heteroatoms. The lowest BCUT2D eigenvalue weighted by atomic mass is 10.1. The summed E-state index contributed by atoms with van der Waals surface area (Å²) in [6.07, 6.45) is 0.891. The largest absolute Gasteiger partial charge is 0.324 e. The van der Waals surface area contributed by atoms with Crippen LogP contribution in [0.2, 0.25) is 0 Å². The summed E-state index contributed by atoms with van der Waals surface area (Å²) >= 11 is 0. The molecule has 170 valence electrons. The van der Waals surface area contributed by atoms with E-state index in [-0.39, 0.29) is 12.1 Å². The van der Waals surface area contributed by atoms with E-state index in [1.807, 2.05) is 60.4 Å². The molecular formula is C27H30N4O2. The molecule has 0 radical (unpaired) electrons. The summed E-state index contributed by atoms with van der Waals surface area (Å²) in [7, 11) is 0. The number of nitrogens with one attached hydrogen (secondary N) is 2. The predicted molar refractivity (Wildman–Crippen MR) is 134 cm³/mol. The van der Waals surface area contributed by atoms with E-state index >= 15 is 0 Å². The predicted octanol–water partition coefficient (Wildman–Crippen LogP) is 6.09. The summed E-state index contributed by atoms with van der Waals surface area (Å²) in [6, 6.07) is 21.1. The minimum absolute atomic E-state index is 0.0123. The minimum atomic E-state index is -0.322. The zero-order chi connectivity index (χ0) is 23.4. The van der Waals surface area contributed by atoms with Gasteiger partial charge in [0.25, 0.3) is 0 Å². The molecule has 0 bridgehead atoms. The summed E-state index contributed by atoms with van der Waals surface area (Å²) in [5, 5.41) is 5.69. The average Bonchev–Trinajstić information content (AvgIpc) is 2.76. The van der Waals surface area contributed by atoms with Crippen LogP contribution in [0.5, 0.6) is 0 Å². The van der Waals surface area contributed by atoms with E-state index in [1.165, 1.54) is 11.1 Å². The molecule has 0 saturated carbocycles. The van der Waals surface area contributed by atoms with E-state index in [0.717, 1.165) is 35.5 Å². The summed E-state index contributed by atoms with van der Waals surface area (Å²) in [6.45, 7) is 8.14. The molecule has 0 atom stereocenters. The number of carbonyl (C=O) groups excluding carboxylic acids is 2. The van der Waals surface area contributed by atoms with Crippen molar-refractivity contribution in [2.45, 2.75) is 33.7 Å². The maximum absolute atomic E-state index is 13.3. The van der Waals surface area contributed by atoms with Crippen molar-refractivity contribution in [3.05, 3.63) is 89.0 Å². The Bertz CT molecular complexity index is 1140. The van der Waals surface area contributed by atoms with Gasteiger partial charge in [0.15, 0.2) is 0 Å². The van der Waals surface area contributed by atoms with Crippen LogP contribution in [0.15, 0.2) is 66.7 Å². The molecule has 33 heavy (non-hydrogen) atoms. The van der Waals surface area contributed by atoms with Crippen LogP contribution in [0.4, 0.5) is 26.7 Å². The van der Waals surface area contributed by atoms with E-state index in [1.54, 1.807) is 4.90 Å². The fraction of sp³-hybridized carbons (Fsp3) is 0.259. The van der Waals surface area contributed by atoms with Gasteiger partial charge in [-0.15, -0.1) is 0 Å². The zero-order valence-electron chi connectivity index (χ0n) is 19.4. The van der Waals surface area contributed by atoms with E-state index < -0.39 is 0 Å².